The lowest BCUT2D eigenvalue weighted by Crippen LogP contribution is -2.41. The maximum absolute atomic E-state index is 11.4. The molecular weight excluding hydrogens is 439 g/mol. The van der Waals surface area contributed by atoms with Crippen molar-refractivity contribution in [3.8, 4) is 0 Å². The molecule has 8 heteroatoms. The van der Waals surface area contributed by atoms with E-state index in [0.717, 1.165) is 12.0 Å². The van der Waals surface area contributed by atoms with Crippen LogP contribution in [0.4, 0.5) is 0 Å². The van der Waals surface area contributed by atoms with Gasteiger partial charge >= 0.3 is 0 Å². The van der Waals surface area contributed by atoms with Crippen LogP contribution in [0.15, 0.2) is 34.2 Å². The van der Waals surface area contributed by atoms with Crippen LogP contribution < -0.4 is 15.8 Å². The molecule has 0 aliphatic heterocycles. The Bertz CT molecular complexity index is 620. The van der Waals surface area contributed by atoms with Gasteiger partial charge in [-0.3, -0.25) is 4.99 Å². The Hall–Kier alpha value is -0.870. The van der Waals surface area contributed by atoms with Crippen molar-refractivity contribution in [2.24, 2.45) is 10.1 Å². The number of hydrogen-bond donors (Lipinski definition) is 3. The summed E-state index contributed by atoms with van der Waals surface area (Å²) in [7, 11) is -1.96. The van der Waals surface area contributed by atoms with Gasteiger partial charge in [0, 0.05) is 19.6 Å². The predicted octanol–water partition coefficient (Wildman–Crippen LogP) is 2.59. The van der Waals surface area contributed by atoms with E-state index in [1.165, 1.54) is 25.3 Å². The van der Waals surface area contributed by atoms with E-state index in [-0.39, 0.29) is 28.9 Å². The second-order valence-electron chi connectivity index (χ2n) is 5.66. The quantitative estimate of drug-likeness (QED) is 0.237. The molecule has 138 valence electrons. The van der Waals surface area contributed by atoms with Gasteiger partial charge in [0.15, 0.2) is 5.96 Å². The number of unbranched alkanes of at least 4 members (excludes halogenated alkanes) is 2. The zero-order valence-electron chi connectivity index (χ0n) is 14.6. The topological polar surface area (TPSA) is 96.6 Å². The maximum atomic E-state index is 11.4. The summed E-state index contributed by atoms with van der Waals surface area (Å²) in [6, 6.07) is 6.92. The molecule has 0 saturated carbocycles. The third-order valence-electron chi connectivity index (χ3n) is 3.53. The summed E-state index contributed by atoms with van der Waals surface area (Å²) in [5, 5.41) is 11.7. The smallest absolute Gasteiger partial charge is 0.238 e. The number of benzene rings is 1. The van der Waals surface area contributed by atoms with Crippen molar-refractivity contribution >= 4 is 40.0 Å². The van der Waals surface area contributed by atoms with Gasteiger partial charge in [0.05, 0.1) is 4.90 Å². The maximum Gasteiger partial charge on any atom is 0.238 e. The van der Waals surface area contributed by atoms with Crippen LogP contribution in [-0.2, 0) is 16.6 Å². The number of nitrogens with two attached hydrogens (primary N) is 1. The van der Waals surface area contributed by atoms with Crippen LogP contribution in [0.2, 0.25) is 0 Å². The minimum Gasteiger partial charge on any atom is -0.354 e. The van der Waals surface area contributed by atoms with Gasteiger partial charge in [-0.15, -0.1) is 24.0 Å². The molecular formula is C16H29IN4O2S. The number of aliphatic imine (C=N–C) groups is 1. The fraction of sp³-hybridized carbons (Fsp3) is 0.562. The minimum atomic E-state index is -3.67. The Kier molecular flexibility index (Phi) is 11.2. The molecule has 0 bridgehead atoms. The van der Waals surface area contributed by atoms with Crippen LogP contribution in [0.1, 0.15) is 45.1 Å². The number of nitrogens with zero attached hydrogens (tertiary/aromatic N) is 1. The SMILES string of the molecule is CCCCCC(C)NC(=NC)NCc1cccc(S(N)(=O)=O)c1.I. The molecule has 0 aromatic heterocycles. The van der Waals surface area contributed by atoms with Gasteiger partial charge < -0.3 is 10.6 Å². The fourth-order valence-electron chi connectivity index (χ4n) is 2.22. The van der Waals surface area contributed by atoms with Crippen molar-refractivity contribution in [2.75, 3.05) is 7.05 Å². The molecule has 1 atom stereocenters. The first-order valence-electron chi connectivity index (χ1n) is 7.95. The molecule has 6 nitrogen and oxygen atoms in total. The third kappa shape index (κ3) is 8.84. The first kappa shape index (κ1) is 23.1. The van der Waals surface area contributed by atoms with Crippen molar-refractivity contribution in [2.45, 2.75) is 57.0 Å². The molecule has 0 aliphatic rings. The van der Waals surface area contributed by atoms with E-state index >= 15 is 0 Å². The minimum absolute atomic E-state index is 0. The van der Waals surface area contributed by atoms with E-state index in [1.54, 1.807) is 19.2 Å². The lowest BCUT2D eigenvalue weighted by Gasteiger charge is -2.18. The molecule has 0 aliphatic carbocycles. The molecule has 0 spiro atoms. The number of guanidine groups is 1. The second kappa shape index (κ2) is 11.6. The molecule has 0 heterocycles. The van der Waals surface area contributed by atoms with E-state index in [9.17, 15) is 8.42 Å². The highest BCUT2D eigenvalue weighted by atomic mass is 127. The van der Waals surface area contributed by atoms with Gasteiger partial charge in [-0.25, -0.2) is 13.6 Å². The molecule has 1 aromatic carbocycles. The summed E-state index contributed by atoms with van der Waals surface area (Å²) in [6.45, 7) is 4.79. The molecule has 0 fully saturated rings. The van der Waals surface area contributed by atoms with Gasteiger partial charge in [-0.05, 0) is 31.0 Å². The summed E-state index contributed by atoms with van der Waals surface area (Å²) in [4.78, 5) is 4.31. The molecule has 1 unspecified atom stereocenters. The molecule has 1 aromatic rings. The lowest BCUT2D eigenvalue weighted by molar-refractivity contribution is 0.546. The number of halogens is 1. The van der Waals surface area contributed by atoms with Gasteiger partial charge in [0.1, 0.15) is 0 Å². The Labute approximate surface area is 162 Å². The summed E-state index contributed by atoms with van der Waals surface area (Å²) in [5.41, 5.74) is 0.832. The third-order valence-corrected chi connectivity index (χ3v) is 4.45. The molecule has 0 radical (unpaired) electrons. The molecule has 0 saturated heterocycles. The van der Waals surface area contributed by atoms with Gasteiger partial charge in [-0.1, -0.05) is 38.3 Å². The average Bonchev–Trinajstić information content (AvgIpc) is 2.51. The number of primary sulfonamides is 1. The van der Waals surface area contributed by atoms with E-state index in [2.05, 4.69) is 29.5 Å². The highest BCUT2D eigenvalue weighted by Crippen LogP contribution is 2.09. The zero-order chi connectivity index (χ0) is 17.3. The van der Waals surface area contributed by atoms with Crippen molar-refractivity contribution < 1.29 is 8.42 Å². The first-order valence-corrected chi connectivity index (χ1v) is 9.50. The van der Waals surface area contributed by atoms with Crippen LogP contribution >= 0.6 is 24.0 Å². The van der Waals surface area contributed by atoms with Crippen LogP contribution in [0.25, 0.3) is 0 Å². The summed E-state index contributed by atoms with van der Waals surface area (Å²) in [5.74, 6) is 0.704. The number of sulfonamides is 1. The Morgan fingerprint density at radius 3 is 2.62 bits per heavy atom. The number of hydrogen-bond acceptors (Lipinski definition) is 3. The van der Waals surface area contributed by atoms with Crippen molar-refractivity contribution in [1.29, 1.82) is 0 Å². The predicted molar refractivity (Wildman–Crippen MR) is 110 cm³/mol. The van der Waals surface area contributed by atoms with Crippen molar-refractivity contribution in [1.82, 2.24) is 10.6 Å². The largest absolute Gasteiger partial charge is 0.354 e. The fourth-order valence-corrected chi connectivity index (χ4v) is 2.80. The summed E-state index contributed by atoms with van der Waals surface area (Å²) >= 11 is 0. The van der Waals surface area contributed by atoms with Crippen molar-refractivity contribution in [3.63, 3.8) is 0 Å². The van der Waals surface area contributed by atoms with Gasteiger partial charge in [0.2, 0.25) is 10.0 Å². The molecule has 4 N–H and O–H groups in total. The second-order valence-corrected chi connectivity index (χ2v) is 7.22. The average molecular weight is 468 g/mol. The van der Waals surface area contributed by atoms with E-state index < -0.39 is 10.0 Å². The van der Waals surface area contributed by atoms with Crippen LogP contribution in [0.3, 0.4) is 0 Å². The lowest BCUT2D eigenvalue weighted by atomic mass is 10.1. The van der Waals surface area contributed by atoms with Gasteiger partial charge in [0.25, 0.3) is 0 Å². The normalized spacial score (nSPS) is 13.1. The van der Waals surface area contributed by atoms with E-state index in [1.807, 2.05) is 6.07 Å². The Morgan fingerprint density at radius 2 is 2.04 bits per heavy atom. The highest BCUT2D eigenvalue weighted by Gasteiger charge is 2.09. The Morgan fingerprint density at radius 1 is 1.33 bits per heavy atom. The van der Waals surface area contributed by atoms with E-state index in [0.29, 0.717) is 18.5 Å². The number of nitrogens with one attached hydrogen (secondary N) is 2. The summed E-state index contributed by atoms with van der Waals surface area (Å²) in [6.07, 6.45) is 4.73. The molecule has 24 heavy (non-hydrogen) atoms. The standard InChI is InChI=1S/C16H28N4O2S.HI/c1-4-5-6-8-13(2)20-16(18-3)19-12-14-9-7-10-15(11-14)23(17,21)22;/h7,9-11,13H,4-6,8,12H2,1-3H3,(H2,17,21,22)(H2,18,19,20);1H. The molecule has 1 rings (SSSR count). The van der Waals surface area contributed by atoms with Crippen LogP contribution in [-0.4, -0.2) is 27.5 Å². The highest BCUT2D eigenvalue weighted by molar-refractivity contribution is 14.0. The van der Waals surface area contributed by atoms with Crippen LogP contribution in [0.5, 0.6) is 0 Å². The number of rotatable bonds is 8. The van der Waals surface area contributed by atoms with E-state index in [4.69, 9.17) is 5.14 Å². The Balaban J connectivity index is 0.00000529. The first-order chi connectivity index (χ1) is 10.9. The van der Waals surface area contributed by atoms with Crippen molar-refractivity contribution in [3.05, 3.63) is 29.8 Å². The van der Waals surface area contributed by atoms with Crippen LogP contribution in [0, 0.1) is 0 Å². The zero-order valence-corrected chi connectivity index (χ0v) is 17.7. The molecule has 0 amide bonds. The van der Waals surface area contributed by atoms with Gasteiger partial charge in [-0.2, -0.15) is 0 Å². The summed E-state index contributed by atoms with van der Waals surface area (Å²) < 4.78 is 22.7. The monoisotopic (exact) mass is 468 g/mol.